The van der Waals surface area contributed by atoms with E-state index in [0.29, 0.717) is 25.8 Å². The van der Waals surface area contributed by atoms with Crippen molar-refractivity contribution in [3.05, 3.63) is 35.9 Å². The lowest BCUT2D eigenvalue weighted by molar-refractivity contribution is -0.141. The second kappa shape index (κ2) is 14.1. The number of hydrogen-bond donors (Lipinski definition) is 7. The monoisotopic (exact) mass is 451 g/mol. The highest BCUT2D eigenvalue weighted by atomic mass is 16.4. The van der Waals surface area contributed by atoms with Crippen LogP contribution in [0.4, 0.5) is 0 Å². The summed E-state index contributed by atoms with van der Waals surface area (Å²) in [6.07, 6.45) is 1.79. The van der Waals surface area contributed by atoms with Gasteiger partial charge < -0.3 is 37.6 Å². The van der Waals surface area contributed by atoms with Gasteiger partial charge in [-0.25, -0.2) is 0 Å². The first-order chi connectivity index (χ1) is 15.2. The number of hydrogen-bond acceptors (Lipinski definition) is 7. The van der Waals surface area contributed by atoms with Gasteiger partial charge in [0.15, 0.2) is 0 Å². The molecule has 0 spiro atoms. The minimum Gasteiger partial charge on any atom is -0.480 e. The molecule has 4 atom stereocenters. The number of nitrogens with one attached hydrogen (secondary N) is 3. The Kier molecular flexibility index (Phi) is 11.9. The van der Waals surface area contributed by atoms with Crippen molar-refractivity contribution in [1.29, 1.82) is 0 Å². The van der Waals surface area contributed by atoms with E-state index in [1.807, 2.05) is 0 Å². The van der Waals surface area contributed by atoms with Crippen molar-refractivity contribution in [2.75, 3.05) is 13.2 Å². The summed E-state index contributed by atoms with van der Waals surface area (Å²) in [5.41, 5.74) is 11.9. The lowest BCUT2D eigenvalue weighted by Gasteiger charge is -2.24. The Balaban J connectivity index is 2.85. The van der Waals surface area contributed by atoms with Gasteiger partial charge in [0.05, 0.1) is 12.6 Å². The topological polar surface area (TPSA) is 197 Å². The van der Waals surface area contributed by atoms with Crippen LogP contribution in [0.3, 0.4) is 0 Å². The molecule has 0 fully saturated rings. The Morgan fingerprint density at radius 1 is 0.938 bits per heavy atom. The minimum atomic E-state index is -1.33. The van der Waals surface area contributed by atoms with E-state index in [0.717, 1.165) is 5.56 Å². The van der Waals surface area contributed by atoms with Crippen LogP contribution in [0.1, 0.15) is 31.7 Å². The van der Waals surface area contributed by atoms with E-state index in [9.17, 15) is 24.3 Å². The van der Waals surface area contributed by atoms with Gasteiger partial charge in [0, 0.05) is 6.42 Å². The number of rotatable bonds is 14. The van der Waals surface area contributed by atoms with Gasteiger partial charge >= 0.3 is 5.97 Å². The molecule has 32 heavy (non-hydrogen) atoms. The second-order valence-corrected chi connectivity index (χ2v) is 7.45. The molecular formula is C21H33N5O6. The summed E-state index contributed by atoms with van der Waals surface area (Å²) >= 11 is 0. The summed E-state index contributed by atoms with van der Waals surface area (Å²) in [7, 11) is 0. The predicted octanol–water partition coefficient (Wildman–Crippen LogP) is -1.76. The molecule has 3 amide bonds. The summed E-state index contributed by atoms with van der Waals surface area (Å²) in [6, 6.07) is 4.31. The molecule has 11 nitrogen and oxygen atoms in total. The molecule has 11 heteroatoms. The molecule has 1 aromatic rings. The van der Waals surface area contributed by atoms with Crippen molar-refractivity contribution in [2.45, 2.75) is 56.8 Å². The maximum atomic E-state index is 12.7. The third-order valence-corrected chi connectivity index (χ3v) is 4.77. The molecule has 0 heterocycles. The SMILES string of the molecule is CC(NC(=O)C(Cc1ccccc1)NC(=O)C(CO)NC(=O)C(N)CCCCN)C(=O)O. The zero-order valence-corrected chi connectivity index (χ0v) is 18.1. The molecule has 0 saturated carbocycles. The molecule has 0 aliphatic heterocycles. The Morgan fingerprint density at radius 2 is 1.53 bits per heavy atom. The number of nitrogens with two attached hydrogens (primary N) is 2. The lowest BCUT2D eigenvalue weighted by atomic mass is 10.0. The Bertz CT molecular complexity index is 760. The number of benzene rings is 1. The third kappa shape index (κ3) is 9.41. The van der Waals surface area contributed by atoms with Crippen molar-refractivity contribution < 1.29 is 29.4 Å². The number of unbranched alkanes of at least 4 members (excludes halogenated alkanes) is 1. The number of carboxylic acids is 1. The molecule has 0 aliphatic rings. The quantitative estimate of drug-likeness (QED) is 0.161. The molecule has 178 valence electrons. The van der Waals surface area contributed by atoms with Crippen LogP contribution in [0, 0.1) is 0 Å². The van der Waals surface area contributed by atoms with Crippen molar-refractivity contribution in [3.63, 3.8) is 0 Å². The van der Waals surface area contributed by atoms with E-state index in [4.69, 9.17) is 16.6 Å². The molecule has 4 unspecified atom stereocenters. The third-order valence-electron chi connectivity index (χ3n) is 4.77. The smallest absolute Gasteiger partial charge is 0.325 e. The van der Waals surface area contributed by atoms with Crippen LogP contribution in [-0.4, -0.2) is 71.2 Å². The lowest BCUT2D eigenvalue weighted by Crippen LogP contribution is -2.58. The molecule has 0 bridgehead atoms. The first-order valence-corrected chi connectivity index (χ1v) is 10.4. The normalized spacial score (nSPS) is 14.5. The number of aliphatic carboxylic acids is 1. The number of aliphatic hydroxyl groups excluding tert-OH is 1. The van der Waals surface area contributed by atoms with Gasteiger partial charge in [-0.3, -0.25) is 19.2 Å². The largest absolute Gasteiger partial charge is 0.480 e. The highest BCUT2D eigenvalue weighted by molar-refractivity contribution is 5.94. The first-order valence-electron chi connectivity index (χ1n) is 10.4. The fourth-order valence-corrected chi connectivity index (χ4v) is 2.82. The standard InChI is InChI=1S/C21H33N5O6/c1-13(21(31)32)24-19(29)16(11-14-7-3-2-4-8-14)25-20(30)17(12-27)26-18(28)15(23)9-5-6-10-22/h2-4,7-8,13,15-17,27H,5-6,9-12,22-23H2,1H3,(H,24,29)(H,25,30)(H,26,28)(H,31,32). The van der Waals surface area contributed by atoms with Crippen LogP contribution >= 0.6 is 0 Å². The summed E-state index contributed by atoms with van der Waals surface area (Å²) in [5, 5.41) is 25.8. The highest BCUT2D eigenvalue weighted by Crippen LogP contribution is 2.05. The van der Waals surface area contributed by atoms with Crippen molar-refractivity contribution in [2.24, 2.45) is 11.5 Å². The van der Waals surface area contributed by atoms with Crippen molar-refractivity contribution >= 4 is 23.7 Å². The molecule has 0 aromatic heterocycles. The number of aliphatic hydroxyl groups is 1. The zero-order chi connectivity index (χ0) is 24.1. The average molecular weight is 452 g/mol. The van der Waals surface area contributed by atoms with Crippen LogP contribution in [0.2, 0.25) is 0 Å². The van der Waals surface area contributed by atoms with Gasteiger partial charge in [-0.05, 0) is 31.9 Å². The average Bonchev–Trinajstić information content (AvgIpc) is 2.77. The Morgan fingerprint density at radius 3 is 2.09 bits per heavy atom. The number of carboxylic acid groups (broad SMARTS) is 1. The fourth-order valence-electron chi connectivity index (χ4n) is 2.82. The fraction of sp³-hybridized carbons (Fsp3) is 0.524. The molecule has 1 rings (SSSR count). The molecule has 0 aliphatic carbocycles. The predicted molar refractivity (Wildman–Crippen MR) is 117 cm³/mol. The van der Waals surface area contributed by atoms with Crippen LogP contribution in [0.25, 0.3) is 0 Å². The van der Waals surface area contributed by atoms with Crippen LogP contribution in [0.5, 0.6) is 0 Å². The highest BCUT2D eigenvalue weighted by Gasteiger charge is 2.29. The summed E-state index contributed by atoms with van der Waals surface area (Å²) in [4.78, 5) is 48.6. The van der Waals surface area contributed by atoms with Gasteiger partial charge in [-0.2, -0.15) is 0 Å². The summed E-state index contributed by atoms with van der Waals surface area (Å²) in [5.74, 6) is -3.35. The zero-order valence-electron chi connectivity index (χ0n) is 18.1. The Hall–Kier alpha value is -3.02. The van der Waals surface area contributed by atoms with Crippen molar-refractivity contribution in [3.8, 4) is 0 Å². The van der Waals surface area contributed by atoms with Crippen LogP contribution in [-0.2, 0) is 25.6 Å². The Labute approximate surface area is 186 Å². The minimum absolute atomic E-state index is 0.0788. The van der Waals surface area contributed by atoms with E-state index in [2.05, 4.69) is 16.0 Å². The van der Waals surface area contributed by atoms with Gasteiger partial charge in [0.1, 0.15) is 18.1 Å². The molecule has 0 radical (unpaired) electrons. The number of amides is 3. The maximum absolute atomic E-state index is 12.7. The molecule has 1 aromatic carbocycles. The molecular weight excluding hydrogens is 418 g/mol. The number of carbonyl (C=O) groups is 4. The van der Waals surface area contributed by atoms with Crippen LogP contribution in [0.15, 0.2) is 30.3 Å². The van der Waals surface area contributed by atoms with Gasteiger partial charge in [-0.15, -0.1) is 0 Å². The number of carbonyl (C=O) groups excluding carboxylic acids is 3. The van der Waals surface area contributed by atoms with Crippen molar-refractivity contribution in [1.82, 2.24) is 16.0 Å². The van der Waals surface area contributed by atoms with E-state index in [1.54, 1.807) is 30.3 Å². The van der Waals surface area contributed by atoms with E-state index < -0.39 is 54.5 Å². The van der Waals surface area contributed by atoms with Gasteiger partial charge in [-0.1, -0.05) is 36.8 Å². The first kappa shape index (κ1) is 27.0. The van der Waals surface area contributed by atoms with E-state index in [-0.39, 0.29) is 6.42 Å². The molecule has 9 N–H and O–H groups in total. The summed E-state index contributed by atoms with van der Waals surface area (Å²) < 4.78 is 0. The summed E-state index contributed by atoms with van der Waals surface area (Å²) in [6.45, 7) is 1.06. The second-order valence-electron chi connectivity index (χ2n) is 7.45. The van der Waals surface area contributed by atoms with Gasteiger partial charge in [0.25, 0.3) is 0 Å². The molecule has 0 saturated heterocycles. The maximum Gasteiger partial charge on any atom is 0.325 e. The van der Waals surface area contributed by atoms with Gasteiger partial charge in [0.2, 0.25) is 17.7 Å². The van der Waals surface area contributed by atoms with E-state index >= 15 is 0 Å². The van der Waals surface area contributed by atoms with E-state index in [1.165, 1.54) is 6.92 Å². The van der Waals surface area contributed by atoms with Crippen LogP contribution < -0.4 is 27.4 Å².